The predicted molar refractivity (Wildman–Crippen MR) is 82.3 cm³/mol. The Balaban J connectivity index is 1.85. The van der Waals surface area contributed by atoms with E-state index in [0.717, 1.165) is 35.1 Å². The number of halogens is 2. The lowest BCUT2D eigenvalue weighted by Crippen LogP contribution is -2.32. The van der Waals surface area contributed by atoms with E-state index in [1.165, 1.54) is 0 Å². The van der Waals surface area contributed by atoms with Crippen LogP contribution in [0.4, 0.5) is 10.6 Å². The van der Waals surface area contributed by atoms with Crippen LogP contribution in [0.3, 0.4) is 0 Å². The maximum atomic E-state index is 10.7. The highest BCUT2D eigenvalue weighted by Crippen LogP contribution is 2.25. The van der Waals surface area contributed by atoms with Crippen molar-refractivity contribution in [2.75, 3.05) is 5.32 Å². The number of rotatable bonds is 3. The number of anilines is 1. The number of pyridine rings is 1. The fourth-order valence-corrected chi connectivity index (χ4v) is 2.73. The third-order valence-electron chi connectivity index (χ3n) is 3.12. The zero-order chi connectivity index (χ0) is 13.8. The quantitative estimate of drug-likeness (QED) is 0.771. The van der Waals surface area contributed by atoms with Crippen LogP contribution in [0.15, 0.2) is 12.3 Å². The number of carbonyl (C=O) groups is 1. The molecule has 1 amide bonds. The van der Waals surface area contributed by atoms with Crippen LogP contribution in [0.1, 0.15) is 25.7 Å². The first-order chi connectivity index (χ1) is 9.04. The van der Waals surface area contributed by atoms with Crippen LogP contribution >= 0.6 is 34.2 Å². The number of carbonyl (C=O) groups excluding carboxylic acids is 1. The Labute approximate surface area is 130 Å². The maximum absolute atomic E-state index is 10.7. The predicted octanol–water partition coefficient (Wildman–Crippen LogP) is 3.16. The largest absolute Gasteiger partial charge is 0.446 e. The third kappa shape index (κ3) is 4.38. The molecule has 19 heavy (non-hydrogen) atoms. The molecule has 1 saturated carbocycles. The molecule has 1 aliphatic carbocycles. The molecular weight excluding hydrogens is 381 g/mol. The van der Waals surface area contributed by atoms with Gasteiger partial charge >= 0.3 is 6.09 Å². The Morgan fingerprint density at radius 2 is 2.16 bits per heavy atom. The second-order valence-electron chi connectivity index (χ2n) is 4.54. The van der Waals surface area contributed by atoms with Crippen LogP contribution in [0.2, 0.25) is 5.02 Å². The molecule has 0 spiro atoms. The van der Waals surface area contributed by atoms with Crippen molar-refractivity contribution in [1.29, 1.82) is 0 Å². The lowest BCUT2D eigenvalue weighted by atomic mass is 9.93. The van der Waals surface area contributed by atoms with Gasteiger partial charge in [0.1, 0.15) is 11.9 Å². The van der Waals surface area contributed by atoms with Crippen molar-refractivity contribution in [1.82, 2.24) is 4.98 Å². The van der Waals surface area contributed by atoms with Crippen LogP contribution in [-0.4, -0.2) is 23.2 Å². The fourth-order valence-electron chi connectivity index (χ4n) is 2.19. The average Bonchev–Trinajstić information content (AvgIpc) is 2.36. The molecule has 1 fully saturated rings. The Bertz CT molecular complexity index is 464. The van der Waals surface area contributed by atoms with Gasteiger partial charge in [-0.3, -0.25) is 0 Å². The number of nitrogens with zero attached hydrogens (tertiary/aromatic N) is 1. The molecule has 0 aromatic carbocycles. The summed E-state index contributed by atoms with van der Waals surface area (Å²) in [6.45, 7) is 0. The molecular formula is C12H15ClIN3O2. The van der Waals surface area contributed by atoms with Crippen molar-refractivity contribution in [2.45, 2.75) is 37.8 Å². The summed E-state index contributed by atoms with van der Waals surface area (Å²) in [7, 11) is 0. The number of primary amides is 1. The van der Waals surface area contributed by atoms with E-state index in [4.69, 9.17) is 22.1 Å². The summed E-state index contributed by atoms with van der Waals surface area (Å²) in [5.41, 5.74) is 5.01. The SMILES string of the molecule is NC(=O)O[C@H]1CC[C@H](Nc2cc(I)c(Cl)cn2)CC1. The van der Waals surface area contributed by atoms with Crippen molar-refractivity contribution < 1.29 is 9.53 Å². The lowest BCUT2D eigenvalue weighted by Gasteiger charge is -2.28. The first kappa shape index (κ1) is 14.6. The van der Waals surface area contributed by atoms with E-state index < -0.39 is 6.09 Å². The lowest BCUT2D eigenvalue weighted by molar-refractivity contribution is 0.0805. The molecule has 0 aliphatic heterocycles. The molecule has 2 rings (SSSR count). The molecule has 0 bridgehead atoms. The van der Waals surface area contributed by atoms with Crippen LogP contribution in [0.5, 0.6) is 0 Å². The van der Waals surface area contributed by atoms with Gasteiger partial charge in [0.15, 0.2) is 0 Å². The standard InChI is InChI=1S/C12H15ClIN3O2/c13-9-6-16-11(5-10(9)14)17-7-1-3-8(4-2-7)19-12(15)18/h5-8H,1-4H2,(H2,15,18)(H,16,17)/t7-,8-. The van der Waals surface area contributed by atoms with Crippen molar-refractivity contribution >= 4 is 46.1 Å². The highest BCUT2D eigenvalue weighted by Gasteiger charge is 2.23. The number of aromatic nitrogens is 1. The Kier molecular flexibility index (Phi) is 5.09. The maximum Gasteiger partial charge on any atom is 0.404 e. The Morgan fingerprint density at radius 1 is 1.47 bits per heavy atom. The topological polar surface area (TPSA) is 77.2 Å². The number of nitrogens with two attached hydrogens (primary N) is 1. The minimum Gasteiger partial charge on any atom is -0.446 e. The number of nitrogens with one attached hydrogen (secondary N) is 1. The molecule has 1 aliphatic rings. The Hall–Kier alpha value is -0.760. The van der Waals surface area contributed by atoms with Gasteiger partial charge in [0.2, 0.25) is 0 Å². The van der Waals surface area contributed by atoms with E-state index in [-0.39, 0.29) is 6.10 Å². The van der Waals surface area contributed by atoms with Crippen molar-refractivity contribution in [3.63, 3.8) is 0 Å². The van der Waals surface area contributed by atoms with Crippen LogP contribution in [-0.2, 0) is 4.74 Å². The van der Waals surface area contributed by atoms with Crippen molar-refractivity contribution in [3.05, 3.63) is 20.9 Å². The molecule has 0 saturated heterocycles. The summed E-state index contributed by atoms with van der Waals surface area (Å²) in [5, 5.41) is 4.03. The number of hydrogen-bond donors (Lipinski definition) is 2. The smallest absolute Gasteiger partial charge is 0.404 e. The first-order valence-corrected chi connectivity index (χ1v) is 7.54. The summed E-state index contributed by atoms with van der Waals surface area (Å²) < 4.78 is 5.98. The molecule has 0 atom stereocenters. The highest BCUT2D eigenvalue weighted by atomic mass is 127. The number of ether oxygens (including phenoxy) is 1. The first-order valence-electron chi connectivity index (χ1n) is 6.08. The minimum absolute atomic E-state index is 0.0473. The van der Waals surface area contributed by atoms with Gasteiger partial charge in [-0.1, -0.05) is 11.6 Å². The molecule has 1 aromatic rings. The van der Waals surface area contributed by atoms with Gasteiger partial charge in [0.25, 0.3) is 0 Å². The molecule has 1 aromatic heterocycles. The third-order valence-corrected chi connectivity index (χ3v) is 4.63. The van der Waals surface area contributed by atoms with Crippen LogP contribution in [0, 0.1) is 3.57 Å². The van der Waals surface area contributed by atoms with Gasteiger partial charge in [0.05, 0.1) is 5.02 Å². The van der Waals surface area contributed by atoms with Crippen molar-refractivity contribution in [3.8, 4) is 0 Å². The van der Waals surface area contributed by atoms with Gasteiger partial charge in [-0.05, 0) is 54.3 Å². The van der Waals surface area contributed by atoms with E-state index >= 15 is 0 Å². The summed E-state index contributed by atoms with van der Waals surface area (Å²) >= 11 is 8.11. The molecule has 0 unspecified atom stereocenters. The Morgan fingerprint density at radius 3 is 2.74 bits per heavy atom. The number of amides is 1. The van der Waals surface area contributed by atoms with E-state index in [1.54, 1.807) is 6.20 Å². The molecule has 3 N–H and O–H groups in total. The second kappa shape index (κ2) is 6.60. The summed E-state index contributed by atoms with van der Waals surface area (Å²) in [6.07, 6.45) is 4.42. The molecule has 5 nitrogen and oxygen atoms in total. The van der Waals surface area contributed by atoms with Gasteiger partial charge in [-0.25, -0.2) is 9.78 Å². The van der Waals surface area contributed by atoms with Gasteiger partial charge in [0, 0.05) is 15.8 Å². The molecule has 104 valence electrons. The molecule has 1 heterocycles. The van der Waals surface area contributed by atoms with Crippen LogP contribution < -0.4 is 11.1 Å². The van der Waals surface area contributed by atoms with E-state index in [0.29, 0.717) is 11.1 Å². The molecule has 7 heteroatoms. The van der Waals surface area contributed by atoms with Crippen molar-refractivity contribution in [2.24, 2.45) is 5.73 Å². The summed E-state index contributed by atoms with van der Waals surface area (Å²) in [6, 6.07) is 2.27. The van der Waals surface area contributed by atoms with Gasteiger partial charge in [-0.2, -0.15) is 0 Å². The highest BCUT2D eigenvalue weighted by molar-refractivity contribution is 14.1. The van der Waals surface area contributed by atoms with E-state index in [9.17, 15) is 4.79 Å². The summed E-state index contributed by atoms with van der Waals surface area (Å²) in [5.74, 6) is 0.827. The average molecular weight is 396 g/mol. The number of hydrogen-bond acceptors (Lipinski definition) is 4. The summed E-state index contributed by atoms with van der Waals surface area (Å²) in [4.78, 5) is 14.9. The zero-order valence-corrected chi connectivity index (χ0v) is 13.1. The second-order valence-corrected chi connectivity index (χ2v) is 6.11. The zero-order valence-electron chi connectivity index (χ0n) is 10.2. The van der Waals surface area contributed by atoms with E-state index in [1.807, 2.05) is 6.07 Å². The minimum atomic E-state index is -0.690. The fraction of sp³-hybridized carbons (Fsp3) is 0.500. The van der Waals surface area contributed by atoms with E-state index in [2.05, 4.69) is 32.9 Å². The molecule has 0 radical (unpaired) electrons. The van der Waals surface area contributed by atoms with Crippen LogP contribution in [0.25, 0.3) is 0 Å². The van der Waals surface area contributed by atoms with Gasteiger partial charge < -0.3 is 15.8 Å². The monoisotopic (exact) mass is 395 g/mol. The van der Waals surface area contributed by atoms with Gasteiger partial charge in [-0.15, -0.1) is 0 Å². The normalized spacial score (nSPS) is 22.8.